The van der Waals surface area contributed by atoms with Crippen LogP contribution in [0.25, 0.3) is 0 Å². The molecule has 0 heterocycles. The van der Waals surface area contributed by atoms with E-state index in [1.807, 2.05) is 0 Å². The first-order valence-electron chi connectivity index (χ1n) is 1.73. The van der Waals surface area contributed by atoms with Gasteiger partial charge in [-0.2, -0.15) is 0 Å². The lowest BCUT2D eigenvalue weighted by Gasteiger charge is -2.07. The minimum Gasteiger partial charge on any atom is -0.304 e. The van der Waals surface area contributed by atoms with E-state index in [2.05, 4.69) is 4.84 Å². The van der Waals surface area contributed by atoms with Gasteiger partial charge in [-0.15, -0.1) is 0 Å². The highest BCUT2D eigenvalue weighted by atomic mass is 17.1. The minimum absolute atomic E-state index is 0.426. The Bertz CT molecular complexity index is 40.2. The van der Waals surface area contributed by atoms with Gasteiger partial charge in [0.25, 0.3) is 0 Å². The molecular formula is C2H8N2O3. The largest absolute Gasteiger partial charge is 0.304 e. The summed E-state index contributed by atoms with van der Waals surface area (Å²) in [6.45, 7) is 1.46. The molecule has 0 fully saturated rings. The fourth-order valence-corrected chi connectivity index (χ4v) is 0.149. The Hall–Kier alpha value is -0.200. The van der Waals surface area contributed by atoms with E-state index < -0.39 is 11.6 Å². The maximum absolute atomic E-state index is 7.81. The van der Waals surface area contributed by atoms with Crippen molar-refractivity contribution in [1.29, 1.82) is 0 Å². The predicted molar refractivity (Wildman–Crippen MR) is 20.1 cm³/mol. The number of hydrogen-bond acceptors (Lipinski definition) is 5. The Morgan fingerprint density at radius 1 is 1.71 bits per heavy atom. The van der Waals surface area contributed by atoms with E-state index in [1.54, 1.807) is 0 Å². The van der Waals surface area contributed by atoms with Gasteiger partial charge in [-0.25, -0.2) is 4.84 Å². The van der Waals surface area contributed by atoms with Gasteiger partial charge in [0.05, 0.1) is 5.39 Å². The van der Waals surface area contributed by atoms with Gasteiger partial charge >= 0.3 is 0 Å². The molecule has 4 N–H and O–H groups in total. The molecule has 0 aliphatic heterocycles. The second kappa shape index (κ2) is 2.89. The molecule has 0 saturated carbocycles. The van der Waals surface area contributed by atoms with Crippen molar-refractivity contribution in [2.24, 2.45) is 5.73 Å². The molecule has 0 aromatic heterocycles. The first-order chi connectivity index (χ1) is 3.13. The fourth-order valence-electron chi connectivity index (χ4n) is 0.149. The van der Waals surface area contributed by atoms with Crippen LogP contribution in [-0.2, 0) is 4.84 Å². The van der Waals surface area contributed by atoms with Crippen molar-refractivity contribution >= 4 is 0 Å². The zero-order valence-electron chi connectivity index (χ0n) is 3.90. The molecule has 0 saturated heterocycles. The number of hydrogen-bond donors (Lipinski definition) is 3. The van der Waals surface area contributed by atoms with E-state index >= 15 is 0 Å². The molecule has 0 radical (unpaired) electrons. The third kappa shape index (κ3) is 5.80. The number of rotatable bonds is 2. The molecule has 0 spiro atoms. The lowest BCUT2D eigenvalue weighted by molar-refractivity contribution is -0.503. The van der Waals surface area contributed by atoms with Crippen molar-refractivity contribution in [2.45, 2.75) is 13.2 Å². The van der Waals surface area contributed by atoms with Crippen LogP contribution in [-0.4, -0.2) is 22.0 Å². The molecule has 7 heavy (non-hydrogen) atoms. The molecule has 0 bridgehead atoms. The van der Waals surface area contributed by atoms with Gasteiger partial charge in [-0.3, -0.25) is 10.4 Å². The Balaban J connectivity index is 2.95. The Morgan fingerprint density at radius 2 is 2.14 bits per heavy atom. The summed E-state index contributed by atoms with van der Waals surface area (Å²) >= 11 is 0. The van der Waals surface area contributed by atoms with Crippen LogP contribution < -0.4 is 5.73 Å². The molecule has 0 aliphatic carbocycles. The normalized spacial score (nSPS) is 15.0. The zero-order chi connectivity index (χ0) is 5.86. The maximum Gasteiger partial charge on any atom is 0.129 e. The highest BCUT2D eigenvalue weighted by molar-refractivity contribution is 4.22. The van der Waals surface area contributed by atoms with Crippen molar-refractivity contribution in [3.05, 3.63) is 0 Å². The summed E-state index contributed by atoms with van der Waals surface area (Å²) in [6.07, 6.45) is -0.699. The fraction of sp³-hybridized carbons (Fsp3) is 1.00. The molecule has 0 aromatic rings. The quantitative estimate of drug-likeness (QED) is 0.322. The SMILES string of the molecule is CC(N)ON(O)O. The van der Waals surface area contributed by atoms with Gasteiger partial charge in [-0.05, 0) is 6.92 Å². The van der Waals surface area contributed by atoms with Gasteiger partial charge in [-0.1, -0.05) is 0 Å². The highest BCUT2D eigenvalue weighted by Gasteiger charge is 1.95. The zero-order valence-corrected chi connectivity index (χ0v) is 3.90. The van der Waals surface area contributed by atoms with E-state index in [-0.39, 0.29) is 0 Å². The number of nitrogens with zero attached hydrogens (tertiary/aromatic N) is 1. The summed E-state index contributed by atoms with van der Waals surface area (Å²) in [4.78, 5) is 3.97. The Morgan fingerprint density at radius 3 is 2.14 bits per heavy atom. The van der Waals surface area contributed by atoms with Gasteiger partial charge in [0.1, 0.15) is 6.23 Å². The van der Waals surface area contributed by atoms with Crippen molar-refractivity contribution in [1.82, 2.24) is 5.39 Å². The smallest absolute Gasteiger partial charge is 0.129 e. The Kier molecular flexibility index (Phi) is 2.81. The van der Waals surface area contributed by atoms with Crippen LogP contribution in [0.4, 0.5) is 0 Å². The van der Waals surface area contributed by atoms with Gasteiger partial charge in [0, 0.05) is 0 Å². The van der Waals surface area contributed by atoms with Crippen molar-refractivity contribution in [3.63, 3.8) is 0 Å². The van der Waals surface area contributed by atoms with Crippen molar-refractivity contribution < 1.29 is 15.3 Å². The molecular weight excluding hydrogens is 100 g/mol. The van der Waals surface area contributed by atoms with Crippen LogP contribution in [0.3, 0.4) is 0 Å². The molecule has 44 valence electrons. The van der Waals surface area contributed by atoms with Crippen LogP contribution in [0, 0.1) is 0 Å². The maximum atomic E-state index is 7.81. The van der Waals surface area contributed by atoms with Crippen molar-refractivity contribution in [3.8, 4) is 0 Å². The second-order valence-electron chi connectivity index (χ2n) is 1.06. The van der Waals surface area contributed by atoms with E-state index in [1.165, 1.54) is 6.92 Å². The van der Waals surface area contributed by atoms with Crippen LogP contribution in [0.5, 0.6) is 0 Å². The third-order valence-corrected chi connectivity index (χ3v) is 0.261. The van der Waals surface area contributed by atoms with Gasteiger partial charge in [0.15, 0.2) is 0 Å². The molecule has 0 aliphatic rings. The first-order valence-corrected chi connectivity index (χ1v) is 1.73. The van der Waals surface area contributed by atoms with E-state index in [0.717, 1.165) is 0 Å². The van der Waals surface area contributed by atoms with E-state index in [9.17, 15) is 0 Å². The molecule has 1 unspecified atom stereocenters. The molecule has 0 aromatic carbocycles. The molecule has 0 amide bonds. The van der Waals surface area contributed by atoms with Gasteiger partial charge < -0.3 is 5.73 Å². The van der Waals surface area contributed by atoms with Crippen LogP contribution in [0.2, 0.25) is 0 Å². The highest BCUT2D eigenvalue weighted by Crippen LogP contribution is 1.79. The summed E-state index contributed by atoms with van der Waals surface area (Å²) in [5, 5.41) is 15.2. The van der Waals surface area contributed by atoms with Crippen molar-refractivity contribution in [2.75, 3.05) is 0 Å². The predicted octanol–water partition coefficient (Wildman–Crippen LogP) is -0.697. The summed E-state index contributed by atoms with van der Waals surface area (Å²) < 4.78 is 0. The first kappa shape index (κ1) is 6.80. The average molecular weight is 108 g/mol. The van der Waals surface area contributed by atoms with Crippen LogP contribution >= 0.6 is 0 Å². The number of nitrogens with two attached hydrogens (primary N) is 1. The molecule has 5 heteroatoms. The van der Waals surface area contributed by atoms with E-state index in [4.69, 9.17) is 16.1 Å². The molecule has 5 nitrogen and oxygen atoms in total. The van der Waals surface area contributed by atoms with Crippen LogP contribution in [0.15, 0.2) is 0 Å². The molecule has 1 atom stereocenters. The summed E-state index contributed by atoms with van der Waals surface area (Å²) in [6, 6.07) is 0. The summed E-state index contributed by atoms with van der Waals surface area (Å²) in [5.41, 5.74) is 4.91. The third-order valence-electron chi connectivity index (χ3n) is 0.261. The van der Waals surface area contributed by atoms with Crippen LogP contribution in [0.1, 0.15) is 6.92 Å². The monoisotopic (exact) mass is 108 g/mol. The average Bonchev–Trinajstić information content (AvgIpc) is 1.27. The molecule has 0 rings (SSSR count). The Labute approximate surface area is 40.8 Å². The topological polar surface area (TPSA) is 79.0 Å². The summed E-state index contributed by atoms with van der Waals surface area (Å²) in [5.74, 6) is 0. The standard InChI is InChI=1S/C2H8N2O3/c1-2(3)7-4(5)6/h2,5-6H,3H2,1H3. The lowest BCUT2D eigenvalue weighted by atomic mass is 10.7. The van der Waals surface area contributed by atoms with Gasteiger partial charge in [0.2, 0.25) is 0 Å². The minimum atomic E-state index is -0.699. The lowest BCUT2D eigenvalue weighted by Crippen LogP contribution is -2.28. The van der Waals surface area contributed by atoms with E-state index in [0.29, 0.717) is 0 Å². The summed E-state index contributed by atoms with van der Waals surface area (Å²) in [7, 11) is 0. The second-order valence-corrected chi connectivity index (χ2v) is 1.06.